The van der Waals surface area contributed by atoms with Crippen molar-refractivity contribution < 1.29 is 0 Å². The van der Waals surface area contributed by atoms with Gasteiger partial charge in [0.2, 0.25) is 0 Å². The van der Waals surface area contributed by atoms with E-state index >= 15 is 0 Å². The van der Waals surface area contributed by atoms with E-state index in [0.29, 0.717) is 12.2 Å². The van der Waals surface area contributed by atoms with Crippen molar-refractivity contribution in [1.29, 1.82) is 0 Å². The molecule has 4 N–H and O–H groups in total. The molecule has 0 amide bonds. The van der Waals surface area contributed by atoms with Gasteiger partial charge >= 0.3 is 0 Å². The molecule has 0 unspecified atom stereocenters. The lowest BCUT2D eigenvalue weighted by Crippen LogP contribution is -2.10. The third kappa shape index (κ3) is 2.00. The number of fused-ring (bicyclic) bond motifs is 1. The summed E-state index contributed by atoms with van der Waals surface area (Å²) in [5.74, 6) is 0. The predicted octanol–water partition coefficient (Wildman–Crippen LogP) is 2.10. The van der Waals surface area contributed by atoms with Crippen LogP contribution in [0.4, 0.5) is 0 Å². The summed E-state index contributed by atoms with van der Waals surface area (Å²) in [7, 11) is 0. The summed E-state index contributed by atoms with van der Waals surface area (Å²) in [5, 5.41) is 2.42. The van der Waals surface area contributed by atoms with Crippen LogP contribution in [0.25, 0.3) is 16.8 Å². The molecule has 76 valence electrons. The van der Waals surface area contributed by atoms with Crippen molar-refractivity contribution in [2.45, 2.75) is 0 Å². The van der Waals surface area contributed by atoms with Gasteiger partial charge < -0.3 is 11.5 Å². The maximum atomic E-state index is 5.73. The van der Waals surface area contributed by atoms with Crippen LogP contribution in [0.2, 0.25) is 0 Å². The zero-order chi connectivity index (χ0) is 10.7. The number of nitrogens with two attached hydrogens (primary N) is 2. The maximum absolute atomic E-state index is 5.73. The molecule has 15 heavy (non-hydrogen) atoms. The molecule has 0 aliphatic heterocycles. The Morgan fingerprint density at radius 1 is 1.07 bits per heavy atom. The second kappa shape index (κ2) is 4.15. The summed E-state index contributed by atoms with van der Waals surface area (Å²) < 4.78 is 0. The van der Waals surface area contributed by atoms with Crippen LogP contribution in [-0.4, -0.2) is 6.54 Å². The van der Waals surface area contributed by atoms with E-state index < -0.39 is 0 Å². The second-order valence-corrected chi connectivity index (χ2v) is 3.49. The van der Waals surface area contributed by atoms with Gasteiger partial charge in [0.15, 0.2) is 0 Å². The van der Waals surface area contributed by atoms with Crippen molar-refractivity contribution in [3.8, 4) is 0 Å². The SMILES string of the molecule is NCC(N)=Cc1cccc2ccccc12. The van der Waals surface area contributed by atoms with Crippen molar-refractivity contribution in [3.63, 3.8) is 0 Å². The van der Waals surface area contributed by atoms with Gasteiger partial charge in [0.1, 0.15) is 0 Å². The van der Waals surface area contributed by atoms with E-state index in [-0.39, 0.29) is 0 Å². The normalized spacial score (nSPS) is 11.9. The van der Waals surface area contributed by atoms with Gasteiger partial charge in [-0.25, -0.2) is 0 Å². The zero-order valence-electron chi connectivity index (χ0n) is 8.48. The Morgan fingerprint density at radius 3 is 2.60 bits per heavy atom. The molecule has 0 aliphatic carbocycles. The molecular weight excluding hydrogens is 184 g/mol. The van der Waals surface area contributed by atoms with Crippen LogP contribution in [-0.2, 0) is 0 Å². The smallest absolute Gasteiger partial charge is 0.0327 e. The highest BCUT2D eigenvalue weighted by atomic mass is 14.7. The van der Waals surface area contributed by atoms with Gasteiger partial charge in [0.05, 0.1) is 0 Å². The standard InChI is InChI=1S/C13H14N2/c14-9-12(15)8-11-6-3-5-10-4-1-2-7-13(10)11/h1-8H,9,14-15H2. The van der Waals surface area contributed by atoms with E-state index in [2.05, 4.69) is 18.2 Å². The first-order valence-electron chi connectivity index (χ1n) is 4.95. The van der Waals surface area contributed by atoms with Crippen molar-refractivity contribution in [3.05, 3.63) is 53.7 Å². The lowest BCUT2D eigenvalue weighted by Gasteiger charge is -2.03. The highest BCUT2D eigenvalue weighted by Gasteiger charge is 1.97. The summed E-state index contributed by atoms with van der Waals surface area (Å²) in [6, 6.07) is 14.4. The van der Waals surface area contributed by atoms with Gasteiger partial charge in [-0.05, 0) is 22.4 Å². The maximum Gasteiger partial charge on any atom is 0.0327 e. The van der Waals surface area contributed by atoms with Gasteiger partial charge in [-0.1, -0.05) is 42.5 Å². The first-order valence-corrected chi connectivity index (χ1v) is 4.95. The van der Waals surface area contributed by atoms with E-state index in [1.807, 2.05) is 30.3 Å². The molecule has 0 heterocycles. The van der Waals surface area contributed by atoms with Crippen LogP contribution in [0.3, 0.4) is 0 Å². The number of benzene rings is 2. The van der Waals surface area contributed by atoms with Crippen molar-refractivity contribution >= 4 is 16.8 Å². The lowest BCUT2D eigenvalue weighted by molar-refractivity contribution is 1.12. The average Bonchev–Trinajstić information content (AvgIpc) is 2.29. The monoisotopic (exact) mass is 198 g/mol. The molecular formula is C13H14N2. The molecule has 2 heteroatoms. The summed E-state index contributed by atoms with van der Waals surface area (Å²) in [4.78, 5) is 0. The average molecular weight is 198 g/mol. The van der Waals surface area contributed by atoms with Gasteiger partial charge in [-0.15, -0.1) is 0 Å². The molecule has 0 aromatic heterocycles. The second-order valence-electron chi connectivity index (χ2n) is 3.49. The molecule has 0 bridgehead atoms. The van der Waals surface area contributed by atoms with Crippen LogP contribution < -0.4 is 11.5 Å². The Labute approximate surface area is 89.2 Å². The fraction of sp³-hybridized carbons (Fsp3) is 0.0769. The minimum atomic E-state index is 0.392. The highest BCUT2D eigenvalue weighted by Crippen LogP contribution is 2.19. The van der Waals surface area contributed by atoms with Crippen LogP contribution >= 0.6 is 0 Å². The number of hydrogen-bond donors (Lipinski definition) is 2. The van der Waals surface area contributed by atoms with Crippen LogP contribution in [0, 0.1) is 0 Å². The Bertz CT molecular complexity index is 495. The topological polar surface area (TPSA) is 52.0 Å². The molecule has 0 radical (unpaired) electrons. The minimum absolute atomic E-state index is 0.392. The fourth-order valence-electron chi connectivity index (χ4n) is 1.63. The summed E-state index contributed by atoms with van der Waals surface area (Å²) >= 11 is 0. The third-order valence-corrected chi connectivity index (χ3v) is 2.40. The molecule has 0 spiro atoms. The lowest BCUT2D eigenvalue weighted by atomic mass is 10.0. The van der Waals surface area contributed by atoms with Gasteiger partial charge in [0, 0.05) is 12.2 Å². The van der Waals surface area contributed by atoms with Crippen LogP contribution in [0.5, 0.6) is 0 Å². The molecule has 0 aliphatic rings. The highest BCUT2D eigenvalue weighted by molar-refractivity contribution is 5.90. The fourth-order valence-corrected chi connectivity index (χ4v) is 1.63. The summed E-state index contributed by atoms with van der Waals surface area (Å²) in [5.41, 5.74) is 13.0. The molecule has 2 nitrogen and oxygen atoms in total. The van der Waals surface area contributed by atoms with Crippen molar-refractivity contribution in [2.75, 3.05) is 6.54 Å². The largest absolute Gasteiger partial charge is 0.401 e. The van der Waals surface area contributed by atoms with Gasteiger partial charge in [-0.2, -0.15) is 0 Å². The van der Waals surface area contributed by atoms with Crippen molar-refractivity contribution in [1.82, 2.24) is 0 Å². The molecule has 2 aromatic rings. The molecule has 2 aromatic carbocycles. The zero-order valence-corrected chi connectivity index (χ0v) is 8.48. The molecule has 0 saturated heterocycles. The number of hydrogen-bond acceptors (Lipinski definition) is 2. The van der Waals surface area contributed by atoms with E-state index in [9.17, 15) is 0 Å². The molecule has 2 rings (SSSR count). The first kappa shape index (κ1) is 9.74. The summed E-state index contributed by atoms with van der Waals surface area (Å²) in [6.45, 7) is 0.392. The number of rotatable bonds is 2. The van der Waals surface area contributed by atoms with E-state index in [4.69, 9.17) is 11.5 Å². The third-order valence-electron chi connectivity index (χ3n) is 2.40. The Hall–Kier alpha value is -1.80. The molecule has 0 fully saturated rings. The van der Waals surface area contributed by atoms with E-state index in [1.54, 1.807) is 0 Å². The van der Waals surface area contributed by atoms with Gasteiger partial charge in [0.25, 0.3) is 0 Å². The quantitative estimate of drug-likeness (QED) is 0.776. The van der Waals surface area contributed by atoms with Crippen molar-refractivity contribution in [2.24, 2.45) is 11.5 Å². The predicted molar refractivity (Wildman–Crippen MR) is 65.2 cm³/mol. The minimum Gasteiger partial charge on any atom is -0.401 e. The Morgan fingerprint density at radius 2 is 1.80 bits per heavy atom. The molecule has 0 atom stereocenters. The van der Waals surface area contributed by atoms with Crippen LogP contribution in [0.1, 0.15) is 5.56 Å². The summed E-state index contributed by atoms with van der Waals surface area (Å²) in [6.07, 6.45) is 1.93. The van der Waals surface area contributed by atoms with Crippen LogP contribution in [0.15, 0.2) is 48.2 Å². The first-order chi connectivity index (χ1) is 7.31. The van der Waals surface area contributed by atoms with E-state index in [1.165, 1.54) is 10.8 Å². The Balaban J connectivity index is 2.61. The molecule has 0 saturated carbocycles. The Kier molecular flexibility index (Phi) is 2.70. The van der Waals surface area contributed by atoms with Gasteiger partial charge in [-0.3, -0.25) is 0 Å². The van der Waals surface area contributed by atoms with E-state index in [0.717, 1.165) is 5.56 Å².